The summed E-state index contributed by atoms with van der Waals surface area (Å²) >= 11 is 0. The molecule has 0 aliphatic carbocycles. The highest BCUT2D eigenvalue weighted by atomic mass is 16.6. The van der Waals surface area contributed by atoms with Gasteiger partial charge >= 0.3 is 23.9 Å². The number of rotatable bonds is 8. The molecule has 0 amide bonds. The van der Waals surface area contributed by atoms with Gasteiger partial charge in [0.1, 0.15) is 25.0 Å². The van der Waals surface area contributed by atoms with Crippen molar-refractivity contribution in [3.63, 3.8) is 0 Å². The van der Waals surface area contributed by atoms with Gasteiger partial charge in [0.2, 0.25) is 0 Å². The number of esters is 4. The molecule has 1 saturated heterocycles. The topological polar surface area (TPSA) is 132 Å². The van der Waals surface area contributed by atoms with Crippen LogP contribution in [0.2, 0.25) is 0 Å². The molecular formula is C28H28N2O9. The van der Waals surface area contributed by atoms with Crippen LogP contribution in [0.15, 0.2) is 54.9 Å². The van der Waals surface area contributed by atoms with E-state index < -0.39 is 42.3 Å². The summed E-state index contributed by atoms with van der Waals surface area (Å²) in [6.07, 6.45) is -1.32. The molecule has 0 spiro atoms. The fourth-order valence-electron chi connectivity index (χ4n) is 4.10. The predicted molar refractivity (Wildman–Crippen MR) is 135 cm³/mol. The van der Waals surface area contributed by atoms with Gasteiger partial charge < -0.3 is 23.7 Å². The molecule has 3 aromatic rings. The monoisotopic (exact) mass is 536 g/mol. The van der Waals surface area contributed by atoms with Crippen LogP contribution >= 0.6 is 0 Å². The van der Waals surface area contributed by atoms with Gasteiger partial charge in [0.05, 0.1) is 31.7 Å². The summed E-state index contributed by atoms with van der Waals surface area (Å²) in [6, 6.07) is 13.7. The number of aryl methyl sites for hydroxylation is 2. The molecule has 2 heterocycles. The highest BCUT2D eigenvalue weighted by Gasteiger charge is 2.42. The maximum absolute atomic E-state index is 12.9. The van der Waals surface area contributed by atoms with Crippen LogP contribution in [0.25, 0.3) is 0 Å². The van der Waals surface area contributed by atoms with Crippen LogP contribution in [0, 0.1) is 13.8 Å². The highest BCUT2D eigenvalue weighted by Crippen LogP contribution is 2.33. The number of ether oxygens (including phenoxy) is 5. The van der Waals surface area contributed by atoms with Crippen molar-refractivity contribution in [1.29, 1.82) is 0 Å². The Hall–Kier alpha value is -4.51. The number of carbonyl (C=O) groups is 4. The average Bonchev–Trinajstić information content (AvgIpc) is 3.56. The third kappa shape index (κ3) is 6.15. The summed E-state index contributed by atoms with van der Waals surface area (Å²) in [7, 11) is 2.32. The van der Waals surface area contributed by atoms with Crippen LogP contribution in [-0.2, 0) is 23.7 Å². The second-order valence-corrected chi connectivity index (χ2v) is 8.97. The van der Waals surface area contributed by atoms with Crippen LogP contribution in [0.5, 0.6) is 0 Å². The van der Waals surface area contributed by atoms with E-state index in [-0.39, 0.29) is 24.4 Å². The van der Waals surface area contributed by atoms with E-state index in [0.717, 1.165) is 25.3 Å². The molecule has 0 unspecified atom stereocenters. The van der Waals surface area contributed by atoms with Gasteiger partial charge in [-0.2, -0.15) is 0 Å². The number of nitrogens with zero attached hydrogens (tertiary/aromatic N) is 2. The molecule has 4 rings (SSSR count). The molecule has 0 bridgehead atoms. The van der Waals surface area contributed by atoms with Crippen LogP contribution in [0.4, 0.5) is 0 Å². The molecule has 2 aromatic carbocycles. The van der Waals surface area contributed by atoms with Gasteiger partial charge in [0, 0.05) is 6.42 Å². The fourth-order valence-corrected chi connectivity index (χ4v) is 4.10. The smallest absolute Gasteiger partial charge is 0.359 e. The Balaban J connectivity index is 1.58. The molecule has 11 heteroatoms. The van der Waals surface area contributed by atoms with Crippen molar-refractivity contribution in [3.8, 4) is 0 Å². The number of hydrogen-bond acceptors (Lipinski definition) is 10. The van der Waals surface area contributed by atoms with Gasteiger partial charge in [-0.1, -0.05) is 35.4 Å². The Morgan fingerprint density at radius 3 is 1.97 bits per heavy atom. The maximum atomic E-state index is 12.9. The lowest BCUT2D eigenvalue weighted by Crippen LogP contribution is -2.32. The van der Waals surface area contributed by atoms with Crippen LogP contribution in [0.3, 0.4) is 0 Å². The van der Waals surface area contributed by atoms with Crippen molar-refractivity contribution < 1.29 is 42.9 Å². The lowest BCUT2D eigenvalue weighted by molar-refractivity contribution is -0.0577. The third-order valence-electron chi connectivity index (χ3n) is 6.25. The lowest BCUT2D eigenvalue weighted by atomic mass is 10.1. The minimum Gasteiger partial charge on any atom is -0.464 e. The number of aromatic nitrogens is 2. The Morgan fingerprint density at radius 1 is 0.846 bits per heavy atom. The van der Waals surface area contributed by atoms with E-state index >= 15 is 0 Å². The second kappa shape index (κ2) is 11.9. The first-order chi connectivity index (χ1) is 18.7. The molecule has 0 N–H and O–H groups in total. The lowest BCUT2D eigenvalue weighted by Gasteiger charge is -2.19. The van der Waals surface area contributed by atoms with E-state index in [1.54, 1.807) is 48.5 Å². The number of imidazole rings is 1. The van der Waals surface area contributed by atoms with Crippen molar-refractivity contribution in [1.82, 2.24) is 9.55 Å². The van der Waals surface area contributed by atoms with Gasteiger partial charge in [-0.25, -0.2) is 24.2 Å². The molecule has 1 aliphatic rings. The molecule has 1 aromatic heterocycles. The van der Waals surface area contributed by atoms with Crippen molar-refractivity contribution >= 4 is 23.9 Å². The average molecular weight is 537 g/mol. The standard InChI is InChI=1S/C28H28N2O9/c1-16-5-9-18(10-6-16)25(31)37-14-21-20(39-26(32)19-11-7-17(2)8-12-19)13-22(38-21)30-15-29-23(27(33)35-3)24(30)28(34)36-4/h5-12,15,20-22H,13-14H2,1-4H3/t20-,21+,22-/m0/s1. The zero-order valence-corrected chi connectivity index (χ0v) is 21.9. The van der Waals surface area contributed by atoms with Gasteiger partial charge in [-0.05, 0) is 38.1 Å². The SMILES string of the molecule is COC(=O)c1ncn([C@@H]2C[C@H](OC(=O)c3ccc(C)cc3)[C@@H](COC(=O)c3ccc(C)cc3)O2)c1C(=O)OC. The molecule has 1 fully saturated rings. The van der Waals surface area contributed by atoms with Crippen molar-refractivity contribution in [3.05, 3.63) is 88.5 Å². The molecule has 39 heavy (non-hydrogen) atoms. The summed E-state index contributed by atoms with van der Waals surface area (Å²) in [5.74, 6) is -2.83. The molecule has 204 valence electrons. The first-order valence-corrected chi connectivity index (χ1v) is 12.1. The summed E-state index contributed by atoms with van der Waals surface area (Å²) in [5.41, 5.74) is 2.22. The van der Waals surface area contributed by atoms with E-state index in [9.17, 15) is 19.2 Å². The minimum absolute atomic E-state index is 0.0747. The van der Waals surface area contributed by atoms with Crippen molar-refractivity contribution in [2.45, 2.75) is 38.7 Å². The first-order valence-electron chi connectivity index (χ1n) is 12.1. The largest absolute Gasteiger partial charge is 0.464 e. The minimum atomic E-state index is -0.899. The quantitative estimate of drug-likeness (QED) is 0.311. The Morgan fingerprint density at radius 2 is 1.41 bits per heavy atom. The van der Waals surface area contributed by atoms with E-state index in [0.29, 0.717) is 11.1 Å². The van der Waals surface area contributed by atoms with E-state index in [1.165, 1.54) is 10.9 Å². The molecule has 3 atom stereocenters. The molecule has 1 aliphatic heterocycles. The zero-order chi connectivity index (χ0) is 28.1. The van der Waals surface area contributed by atoms with Crippen LogP contribution in [0.1, 0.15) is 65.5 Å². The van der Waals surface area contributed by atoms with Gasteiger partial charge in [0.15, 0.2) is 11.4 Å². The van der Waals surface area contributed by atoms with Crippen LogP contribution in [-0.4, -0.2) is 66.5 Å². The number of benzene rings is 2. The Labute approximate surface area is 224 Å². The molecule has 0 radical (unpaired) electrons. The summed E-state index contributed by atoms with van der Waals surface area (Å²) in [4.78, 5) is 54.3. The van der Waals surface area contributed by atoms with Gasteiger partial charge in [0.25, 0.3) is 0 Å². The molecular weight excluding hydrogens is 508 g/mol. The number of methoxy groups -OCH3 is 2. The highest BCUT2D eigenvalue weighted by molar-refractivity contribution is 6.00. The third-order valence-corrected chi connectivity index (χ3v) is 6.25. The molecule has 11 nitrogen and oxygen atoms in total. The summed E-state index contributed by atoms with van der Waals surface area (Å²) < 4.78 is 28.2. The van der Waals surface area contributed by atoms with Gasteiger partial charge in [-0.3, -0.25) is 4.57 Å². The predicted octanol–water partition coefficient (Wildman–Crippen LogP) is 3.44. The second-order valence-electron chi connectivity index (χ2n) is 8.97. The zero-order valence-electron chi connectivity index (χ0n) is 21.9. The van der Waals surface area contributed by atoms with Crippen LogP contribution < -0.4 is 0 Å². The Bertz CT molecular complexity index is 1360. The number of carbonyl (C=O) groups excluding carboxylic acids is 4. The normalized spacial score (nSPS) is 18.3. The maximum Gasteiger partial charge on any atom is 0.359 e. The summed E-state index contributed by atoms with van der Waals surface area (Å²) in [5, 5.41) is 0. The van der Waals surface area contributed by atoms with Crippen molar-refractivity contribution in [2.24, 2.45) is 0 Å². The fraction of sp³-hybridized carbons (Fsp3) is 0.321. The first kappa shape index (κ1) is 27.5. The summed E-state index contributed by atoms with van der Waals surface area (Å²) in [6.45, 7) is 3.57. The van der Waals surface area contributed by atoms with Crippen molar-refractivity contribution in [2.75, 3.05) is 20.8 Å². The van der Waals surface area contributed by atoms with E-state index in [4.69, 9.17) is 23.7 Å². The van der Waals surface area contributed by atoms with E-state index in [1.807, 2.05) is 13.8 Å². The molecule has 0 saturated carbocycles. The Kier molecular flexibility index (Phi) is 8.40. The van der Waals surface area contributed by atoms with E-state index in [2.05, 4.69) is 4.98 Å². The number of hydrogen-bond donors (Lipinski definition) is 0. The van der Waals surface area contributed by atoms with Gasteiger partial charge in [-0.15, -0.1) is 0 Å².